The SMILES string of the molecule is Cc1ccccc1-n1c(SC(C)C(=O)N(C)C2CCCCC2)nnc1-c1cccnc1. The number of hydrogen-bond acceptors (Lipinski definition) is 5. The van der Waals surface area contributed by atoms with E-state index in [4.69, 9.17) is 0 Å². The van der Waals surface area contributed by atoms with Crippen LogP contribution in [-0.2, 0) is 4.79 Å². The van der Waals surface area contributed by atoms with Gasteiger partial charge in [-0.25, -0.2) is 0 Å². The Morgan fingerprint density at radius 1 is 1.13 bits per heavy atom. The molecule has 2 heterocycles. The van der Waals surface area contributed by atoms with Crippen molar-refractivity contribution in [3.63, 3.8) is 0 Å². The zero-order valence-electron chi connectivity index (χ0n) is 18.4. The van der Waals surface area contributed by atoms with Crippen LogP contribution in [-0.4, -0.2) is 48.9 Å². The van der Waals surface area contributed by atoms with Crippen molar-refractivity contribution in [2.75, 3.05) is 7.05 Å². The summed E-state index contributed by atoms with van der Waals surface area (Å²) in [6, 6.07) is 12.4. The van der Waals surface area contributed by atoms with Gasteiger partial charge in [-0.15, -0.1) is 10.2 Å². The summed E-state index contributed by atoms with van der Waals surface area (Å²) in [5, 5.41) is 9.42. The molecule has 3 aromatic rings. The van der Waals surface area contributed by atoms with Crippen molar-refractivity contribution in [3.05, 3.63) is 54.4 Å². The molecule has 31 heavy (non-hydrogen) atoms. The van der Waals surface area contributed by atoms with E-state index in [0.29, 0.717) is 11.2 Å². The Morgan fingerprint density at radius 3 is 2.61 bits per heavy atom. The van der Waals surface area contributed by atoms with Gasteiger partial charge in [0.05, 0.1) is 10.9 Å². The molecule has 1 atom stereocenters. The molecule has 162 valence electrons. The quantitative estimate of drug-likeness (QED) is 0.515. The number of thioether (sulfide) groups is 1. The second-order valence-electron chi connectivity index (χ2n) is 8.17. The van der Waals surface area contributed by atoms with Crippen LogP contribution in [0, 0.1) is 6.92 Å². The molecule has 0 aliphatic heterocycles. The van der Waals surface area contributed by atoms with Crippen LogP contribution >= 0.6 is 11.8 Å². The maximum atomic E-state index is 13.2. The van der Waals surface area contributed by atoms with Crippen molar-refractivity contribution >= 4 is 17.7 Å². The van der Waals surface area contributed by atoms with Gasteiger partial charge in [0.15, 0.2) is 11.0 Å². The predicted octanol–water partition coefficient (Wildman–Crippen LogP) is 4.91. The zero-order chi connectivity index (χ0) is 21.8. The monoisotopic (exact) mass is 435 g/mol. The van der Waals surface area contributed by atoms with Crippen LogP contribution in [0.5, 0.6) is 0 Å². The van der Waals surface area contributed by atoms with E-state index >= 15 is 0 Å². The topological polar surface area (TPSA) is 63.9 Å². The minimum atomic E-state index is -0.249. The molecule has 1 amide bonds. The van der Waals surface area contributed by atoms with E-state index in [9.17, 15) is 4.79 Å². The van der Waals surface area contributed by atoms with E-state index in [1.54, 1.807) is 12.4 Å². The molecule has 1 saturated carbocycles. The number of aromatic nitrogens is 4. The maximum Gasteiger partial charge on any atom is 0.235 e. The predicted molar refractivity (Wildman–Crippen MR) is 124 cm³/mol. The highest BCUT2D eigenvalue weighted by atomic mass is 32.2. The van der Waals surface area contributed by atoms with Gasteiger partial charge in [-0.3, -0.25) is 14.3 Å². The molecule has 1 aromatic carbocycles. The molecule has 0 bridgehead atoms. The fourth-order valence-corrected chi connectivity index (χ4v) is 5.16. The number of hydrogen-bond donors (Lipinski definition) is 0. The number of nitrogens with zero attached hydrogens (tertiary/aromatic N) is 5. The Kier molecular flexibility index (Phi) is 6.70. The second-order valence-corrected chi connectivity index (χ2v) is 9.48. The first-order valence-corrected chi connectivity index (χ1v) is 11.8. The fraction of sp³-hybridized carbons (Fsp3) is 0.417. The third-order valence-electron chi connectivity index (χ3n) is 6.01. The lowest BCUT2D eigenvalue weighted by Gasteiger charge is -2.32. The normalized spacial score (nSPS) is 15.6. The van der Waals surface area contributed by atoms with Gasteiger partial charge >= 0.3 is 0 Å². The van der Waals surface area contributed by atoms with E-state index in [-0.39, 0.29) is 11.2 Å². The summed E-state index contributed by atoms with van der Waals surface area (Å²) in [6.45, 7) is 4.04. The van der Waals surface area contributed by atoms with Crippen molar-refractivity contribution in [1.29, 1.82) is 0 Å². The summed E-state index contributed by atoms with van der Waals surface area (Å²) < 4.78 is 2.04. The van der Waals surface area contributed by atoms with Gasteiger partial charge in [0, 0.05) is 31.0 Å². The summed E-state index contributed by atoms with van der Waals surface area (Å²) in [5.74, 6) is 0.879. The molecule has 1 aliphatic carbocycles. The first kappa shape index (κ1) is 21.6. The summed E-state index contributed by atoms with van der Waals surface area (Å²) in [4.78, 5) is 19.4. The Balaban J connectivity index is 1.64. The zero-order valence-corrected chi connectivity index (χ0v) is 19.2. The number of pyridine rings is 1. The molecule has 1 fully saturated rings. The van der Waals surface area contributed by atoms with Gasteiger partial charge in [0.2, 0.25) is 5.91 Å². The average molecular weight is 436 g/mol. The number of rotatable bonds is 6. The van der Waals surface area contributed by atoms with Crippen molar-refractivity contribution < 1.29 is 4.79 Å². The summed E-state index contributed by atoms with van der Waals surface area (Å²) in [7, 11) is 1.95. The summed E-state index contributed by atoms with van der Waals surface area (Å²) in [6.07, 6.45) is 9.43. The third-order valence-corrected chi connectivity index (χ3v) is 7.04. The Labute approximate surface area is 188 Å². The van der Waals surface area contributed by atoms with Crippen LogP contribution in [0.3, 0.4) is 0 Å². The lowest BCUT2D eigenvalue weighted by molar-refractivity contribution is -0.131. The standard InChI is InChI=1S/C24H29N5OS/c1-17-10-7-8-14-21(17)29-22(19-11-9-15-25-16-19)26-27-24(29)31-18(2)23(30)28(3)20-12-5-4-6-13-20/h7-11,14-16,18,20H,4-6,12-13H2,1-3H3. The first-order chi connectivity index (χ1) is 15.1. The van der Waals surface area contributed by atoms with Crippen molar-refractivity contribution in [2.24, 2.45) is 0 Å². The largest absolute Gasteiger partial charge is 0.342 e. The number of carbonyl (C=O) groups is 1. The van der Waals surface area contributed by atoms with Gasteiger partial charge in [-0.05, 0) is 50.5 Å². The van der Waals surface area contributed by atoms with Gasteiger partial charge in [0.1, 0.15) is 0 Å². The highest BCUT2D eigenvalue weighted by Gasteiger charge is 2.28. The summed E-state index contributed by atoms with van der Waals surface area (Å²) >= 11 is 1.47. The molecule has 4 rings (SSSR count). The Morgan fingerprint density at radius 2 is 1.90 bits per heavy atom. The van der Waals surface area contributed by atoms with E-state index in [2.05, 4.69) is 34.2 Å². The molecule has 1 aliphatic rings. The van der Waals surface area contributed by atoms with E-state index in [1.165, 1.54) is 31.0 Å². The van der Waals surface area contributed by atoms with Crippen LogP contribution in [0.1, 0.15) is 44.6 Å². The van der Waals surface area contributed by atoms with Crippen molar-refractivity contribution in [2.45, 2.75) is 62.4 Å². The van der Waals surface area contributed by atoms with Crippen LogP contribution in [0.4, 0.5) is 0 Å². The average Bonchev–Trinajstić information content (AvgIpc) is 3.22. The number of carbonyl (C=O) groups excluding carboxylic acids is 1. The number of benzene rings is 1. The first-order valence-electron chi connectivity index (χ1n) is 10.9. The molecule has 0 spiro atoms. The second kappa shape index (κ2) is 9.64. The van der Waals surface area contributed by atoms with Gasteiger partial charge in [0.25, 0.3) is 0 Å². The number of amides is 1. The van der Waals surface area contributed by atoms with Crippen LogP contribution < -0.4 is 0 Å². The highest BCUT2D eigenvalue weighted by Crippen LogP contribution is 2.32. The van der Waals surface area contributed by atoms with Gasteiger partial charge in [-0.2, -0.15) is 0 Å². The van der Waals surface area contributed by atoms with Crippen LogP contribution in [0.15, 0.2) is 53.9 Å². The fourth-order valence-electron chi connectivity index (χ4n) is 4.20. The van der Waals surface area contributed by atoms with E-state index in [1.807, 2.05) is 47.7 Å². The van der Waals surface area contributed by atoms with E-state index in [0.717, 1.165) is 35.5 Å². The molecule has 1 unspecified atom stereocenters. The molecular weight excluding hydrogens is 406 g/mol. The minimum absolute atomic E-state index is 0.152. The molecule has 0 saturated heterocycles. The minimum Gasteiger partial charge on any atom is -0.342 e. The highest BCUT2D eigenvalue weighted by molar-refractivity contribution is 8.00. The Hall–Kier alpha value is -2.67. The van der Waals surface area contributed by atoms with Crippen molar-refractivity contribution in [3.8, 4) is 17.1 Å². The number of aryl methyl sites for hydroxylation is 1. The molecule has 0 radical (unpaired) electrons. The number of para-hydroxylation sites is 1. The molecular formula is C24H29N5OS. The van der Waals surface area contributed by atoms with Crippen molar-refractivity contribution in [1.82, 2.24) is 24.6 Å². The lowest BCUT2D eigenvalue weighted by Crippen LogP contribution is -2.42. The van der Waals surface area contributed by atoms with Crippen LogP contribution in [0.25, 0.3) is 17.1 Å². The van der Waals surface area contributed by atoms with E-state index < -0.39 is 0 Å². The smallest absolute Gasteiger partial charge is 0.235 e. The van der Waals surface area contributed by atoms with Gasteiger partial charge in [-0.1, -0.05) is 49.2 Å². The molecule has 7 heteroatoms. The molecule has 6 nitrogen and oxygen atoms in total. The third kappa shape index (κ3) is 4.66. The van der Waals surface area contributed by atoms with Gasteiger partial charge < -0.3 is 4.90 Å². The maximum absolute atomic E-state index is 13.2. The molecule has 0 N–H and O–H groups in total. The summed E-state index contributed by atoms with van der Waals surface area (Å²) in [5.41, 5.74) is 3.02. The molecule has 2 aromatic heterocycles. The Bertz CT molecular complexity index is 1030. The van der Waals surface area contributed by atoms with Crippen LogP contribution in [0.2, 0.25) is 0 Å². The lowest BCUT2D eigenvalue weighted by atomic mass is 9.94.